The molecule has 24 heavy (non-hydrogen) atoms. The zero-order valence-electron chi connectivity index (χ0n) is 15.6. The lowest BCUT2D eigenvalue weighted by molar-refractivity contribution is -0.692. The van der Waals surface area contributed by atoms with Crippen LogP contribution in [0.2, 0.25) is 0 Å². The molecule has 0 saturated heterocycles. The molecule has 1 aromatic carbocycles. The van der Waals surface area contributed by atoms with E-state index in [1.807, 2.05) is 12.2 Å². The zero-order chi connectivity index (χ0) is 18.1. The fraction of sp³-hybridized carbons (Fsp3) is 0.579. The van der Waals surface area contributed by atoms with Crippen LogP contribution in [0.3, 0.4) is 0 Å². The summed E-state index contributed by atoms with van der Waals surface area (Å²) in [7, 11) is 0. The summed E-state index contributed by atoms with van der Waals surface area (Å²) in [6.07, 6.45) is 0.843. The van der Waals surface area contributed by atoms with Crippen molar-refractivity contribution in [2.75, 3.05) is 13.1 Å². The van der Waals surface area contributed by atoms with Gasteiger partial charge in [0.25, 0.3) is 5.91 Å². The Bertz CT molecular complexity index is 524. The van der Waals surface area contributed by atoms with Crippen LogP contribution in [0.25, 0.3) is 0 Å². The number of imide groups is 1. The normalized spacial score (nSPS) is 12.3. The highest BCUT2D eigenvalue weighted by molar-refractivity contribution is 5.94. The van der Waals surface area contributed by atoms with E-state index in [4.69, 9.17) is 0 Å². The second kappa shape index (κ2) is 10.1. The van der Waals surface area contributed by atoms with Crippen LogP contribution in [0.15, 0.2) is 24.3 Å². The minimum absolute atomic E-state index is 0.190. The molecule has 5 nitrogen and oxygen atoms in total. The number of nitrogens with two attached hydrogens (primary N) is 1. The fourth-order valence-corrected chi connectivity index (χ4v) is 2.59. The summed E-state index contributed by atoms with van der Waals surface area (Å²) in [6.45, 7) is 11.4. The molecule has 3 amide bonds. The molecule has 1 aromatic rings. The Morgan fingerprint density at radius 3 is 2.12 bits per heavy atom. The molecule has 0 aliphatic rings. The molecule has 0 aliphatic heterocycles. The van der Waals surface area contributed by atoms with Gasteiger partial charge in [0.15, 0.2) is 6.54 Å². The van der Waals surface area contributed by atoms with Gasteiger partial charge in [-0.3, -0.25) is 10.1 Å². The standard InChI is InChI=1S/C19H31N3O2/c1-6-11-20-19(24)22-17(23)12-21-18(14(4)5)16-9-7-15(8-10-16)13(2)3/h7-10,13-14,18,21H,6,11-12H2,1-5H3,(H2,20,22,23,24)/p+1/t18-/m0/s1. The zero-order valence-corrected chi connectivity index (χ0v) is 15.6. The molecule has 4 N–H and O–H groups in total. The Hall–Kier alpha value is -1.88. The number of rotatable bonds is 8. The summed E-state index contributed by atoms with van der Waals surface area (Å²) in [4.78, 5) is 23.4. The maximum atomic E-state index is 11.9. The molecule has 0 bridgehead atoms. The van der Waals surface area contributed by atoms with Gasteiger partial charge in [-0.15, -0.1) is 0 Å². The highest BCUT2D eigenvalue weighted by Crippen LogP contribution is 2.21. The van der Waals surface area contributed by atoms with Gasteiger partial charge in [0.05, 0.1) is 0 Å². The molecule has 1 atom stereocenters. The van der Waals surface area contributed by atoms with Crippen molar-refractivity contribution < 1.29 is 14.9 Å². The van der Waals surface area contributed by atoms with Gasteiger partial charge in [0.1, 0.15) is 6.04 Å². The molecule has 0 fully saturated rings. The second-order valence-corrected chi connectivity index (χ2v) is 6.84. The van der Waals surface area contributed by atoms with E-state index in [0.717, 1.165) is 6.42 Å². The minimum Gasteiger partial charge on any atom is -0.338 e. The van der Waals surface area contributed by atoms with Gasteiger partial charge >= 0.3 is 6.03 Å². The van der Waals surface area contributed by atoms with Crippen molar-refractivity contribution >= 4 is 11.9 Å². The lowest BCUT2D eigenvalue weighted by atomic mass is 9.93. The molecular formula is C19H32N3O2+. The first-order chi connectivity index (χ1) is 11.3. The number of quaternary nitrogens is 1. The Labute approximate surface area is 145 Å². The molecule has 1 rings (SSSR count). The SMILES string of the molecule is CCCNC(=O)NC(=O)C[NH2+][C@H](c1ccc(C(C)C)cc1)C(C)C. The average molecular weight is 334 g/mol. The lowest BCUT2D eigenvalue weighted by Crippen LogP contribution is -2.88. The number of nitrogens with one attached hydrogen (secondary N) is 2. The van der Waals surface area contributed by atoms with Crippen LogP contribution in [0, 0.1) is 5.92 Å². The second-order valence-electron chi connectivity index (χ2n) is 6.84. The van der Waals surface area contributed by atoms with Gasteiger partial charge in [0.2, 0.25) is 0 Å². The fourth-order valence-electron chi connectivity index (χ4n) is 2.59. The number of carbonyl (C=O) groups is 2. The van der Waals surface area contributed by atoms with Crippen LogP contribution in [-0.4, -0.2) is 25.0 Å². The van der Waals surface area contributed by atoms with Gasteiger partial charge in [-0.05, 0) is 17.9 Å². The molecule has 0 radical (unpaired) electrons. The first-order valence-electron chi connectivity index (χ1n) is 8.86. The van der Waals surface area contributed by atoms with Crippen LogP contribution in [0.5, 0.6) is 0 Å². The number of benzene rings is 1. The molecule has 0 aliphatic carbocycles. The summed E-state index contributed by atoms with van der Waals surface area (Å²) in [5.74, 6) is 0.623. The highest BCUT2D eigenvalue weighted by atomic mass is 16.2. The van der Waals surface area contributed by atoms with Crippen LogP contribution in [-0.2, 0) is 4.79 Å². The number of hydrogen-bond donors (Lipinski definition) is 3. The topological polar surface area (TPSA) is 74.8 Å². The third-order valence-corrected chi connectivity index (χ3v) is 4.05. The van der Waals surface area contributed by atoms with Crippen LogP contribution >= 0.6 is 0 Å². The van der Waals surface area contributed by atoms with Crippen molar-refractivity contribution in [1.29, 1.82) is 0 Å². The molecule has 0 aromatic heterocycles. The van der Waals surface area contributed by atoms with Gasteiger partial charge in [-0.25, -0.2) is 4.79 Å². The molecule has 0 spiro atoms. The van der Waals surface area contributed by atoms with E-state index in [9.17, 15) is 9.59 Å². The van der Waals surface area contributed by atoms with E-state index in [2.05, 4.69) is 62.6 Å². The maximum absolute atomic E-state index is 11.9. The monoisotopic (exact) mass is 334 g/mol. The molecule has 0 saturated carbocycles. The van der Waals surface area contributed by atoms with Crippen molar-refractivity contribution in [3.63, 3.8) is 0 Å². The summed E-state index contributed by atoms with van der Waals surface area (Å²) in [5, 5.41) is 7.00. The Balaban J connectivity index is 2.60. The summed E-state index contributed by atoms with van der Waals surface area (Å²) in [6, 6.07) is 8.36. The Morgan fingerprint density at radius 2 is 1.62 bits per heavy atom. The predicted octanol–water partition coefficient (Wildman–Crippen LogP) is 2.31. The maximum Gasteiger partial charge on any atom is 0.321 e. The summed E-state index contributed by atoms with van der Waals surface area (Å²) < 4.78 is 0. The van der Waals surface area contributed by atoms with Gasteiger partial charge < -0.3 is 10.6 Å². The van der Waals surface area contributed by atoms with E-state index in [0.29, 0.717) is 18.4 Å². The van der Waals surface area contributed by atoms with E-state index < -0.39 is 6.03 Å². The molecule has 0 unspecified atom stereocenters. The van der Waals surface area contributed by atoms with E-state index in [1.165, 1.54) is 11.1 Å². The van der Waals surface area contributed by atoms with Crippen LogP contribution in [0.4, 0.5) is 4.79 Å². The summed E-state index contributed by atoms with van der Waals surface area (Å²) >= 11 is 0. The number of amides is 3. The highest BCUT2D eigenvalue weighted by Gasteiger charge is 2.21. The Morgan fingerprint density at radius 1 is 1.04 bits per heavy atom. The van der Waals surface area contributed by atoms with Crippen LogP contribution in [0.1, 0.15) is 64.1 Å². The van der Waals surface area contributed by atoms with Crippen molar-refractivity contribution in [2.45, 2.75) is 53.0 Å². The minimum atomic E-state index is -0.419. The lowest BCUT2D eigenvalue weighted by Gasteiger charge is -2.20. The largest absolute Gasteiger partial charge is 0.338 e. The third kappa shape index (κ3) is 6.71. The van der Waals surface area contributed by atoms with Crippen molar-refractivity contribution in [3.8, 4) is 0 Å². The van der Waals surface area contributed by atoms with Crippen molar-refractivity contribution in [1.82, 2.24) is 10.6 Å². The van der Waals surface area contributed by atoms with E-state index in [1.54, 1.807) is 0 Å². The van der Waals surface area contributed by atoms with E-state index >= 15 is 0 Å². The number of urea groups is 1. The number of hydrogen-bond acceptors (Lipinski definition) is 2. The van der Waals surface area contributed by atoms with Gasteiger partial charge in [-0.1, -0.05) is 58.9 Å². The van der Waals surface area contributed by atoms with Crippen molar-refractivity contribution in [3.05, 3.63) is 35.4 Å². The molecule has 134 valence electrons. The van der Waals surface area contributed by atoms with E-state index in [-0.39, 0.29) is 18.5 Å². The predicted molar refractivity (Wildman–Crippen MR) is 96.7 cm³/mol. The molecule has 5 heteroatoms. The molecule has 0 heterocycles. The third-order valence-electron chi connectivity index (χ3n) is 4.05. The van der Waals surface area contributed by atoms with Gasteiger partial charge in [0, 0.05) is 18.0 Å². The molecular weight excluding hydrogens is 302 g/mol. The number of carbonyl (C=O) groups excluding carboxylic acids is 2. The van der Waals surface area contributed by atoms with Crippen molar-refractivity contribution in [2.24, 2.45) is 5.92 Å². The quantitative estimate of drug-likeness (QED) is 0.682. The van der Waals surface area contributed by atoms with Crippen LogP contribution < -0.4 is 16.0 Å². The smallest absolute Gasteiger partial charge is 0.321 e. The summed E-state index contributed by atoms with van der Waals surface area (Å²) in [5.41, 5.74) is 2.52. The first kappa shape index (κ1) is 20.2. The first-order valence-corrected chi connectivity index (χ1v) is 8.86. The van der Waals surface area contributed by atoms with Gasteiger partial charge in [-0.2, -0.15) is 0 Å². The average Bonchev–Trinajstić information content (AvgIpc) is 2.53. The Kier molecular flexibility index (Phi) is 8.47.